The predicted octanol–water partition coefficient (Wildman–Crippen LogP) is 4.46. The van der Waals surface area contributed by atoms with Gasteiger partial charge in [-0.05, 0) is 59.1 Å². The predicted molar refractivity (Wildman–Crippen MR) is 78.0 cm³/mol. The van der Waals surface area contributed by atoms with Gasteiger partial charge in [0.1, 0.15) is 5.82 Å². The Labute approximate surface area is 119 Å². The minimum atomic E-state index is -0.551. The number of rotatable bonds is 2. The van der Waals surface area contributed by atoms with E-state index < -0.39 is 11.7 Å². The van der Waals surface area contributed by atoms with Gasteiger partial charge in [0.25, 0.3) is 5.91 Å². The fourth-order valence-electron chi connectivity index (χ4n) is 1.76. The summed E-state index contributed by atoms with van der Waals surface area (Å²) in [4.78, 5) is 12.1. The molecule has 0 bridgehead atoms. The maximum Gasteiger partial charge on any atom is 0.258 e. The molecule has 0 spiro atoms. The van der Waals surface area contributed by atoms with E-state index in [1.54, 1.807) is 18.2 Å². The lowest BCUT2D eigenvalue weighted by molar-refractivity contribution is 0.102. The van der Waals surface area contributed by atoms with Crippen LogP contribution >= 0.6 is 15.9 Å². The van der Waals surface area contributed by atoms with Gasteiger partial charge in [0.2, 0.25) is 0 Å². The molecular formula is C15H13BrFNO. The molecule has 0 aromatic heterocycles. The highest BCUT2D eigenvalue weighted by Gasteiger charge is 2.14. The van der Waals surface area contributed by atoms with E-state index in [0.29, 0.717) is 5.69 Å². The quantitative estimate of drug-likeness (QED) is 0.869. The summed E-state index contributed by atoms with van der Waals surface area (Å²) in [6, 6.07) is 10.3. The molecular weight excluding hydrogens is 309 g/mol. The van der Waals surface area contributed by atoms with Gasteiger partial charge in [-0.25, -0.2) is 4.39 Å². The Kier molecular flexibility index (Phi) is 4.00. The number of halogens is 2. The van der Waals surface area contributed by atoms with E-state index >= 15 is 0 Å². The molecule has 98 valence electrons. The summed E-state index contributed by atoms with van der Waals surface area (Å²) in [5.74, 6) is -1.00. The van der Waals surface area contributed by atoms with Crippen LogP contribution in [0.15, 0.2) is 40.9 Å². The van der Waals surface area contributed by atoms with Crippen molar-refractivity contribution >= 4 is 27.5 Å². The summed E-state index contributed by atoms with van der Waals surface area (Å²) in [6.07, 6.45) is 0. The van der Waals surface area contributed by atoms with Crippen LogP contribution in [0.3, 0.4) is 0 Å². The van der Waals surface area contributed by atoms with Gasteiger partial charge in [-0.3, -0.25) is 4.79 Å². The van der Waals surface area contributed by atoms with Gasteiger partial charge in [-0.15, -0.1) is 0 Å². The number of benzene rings is 2. The maximum absolute atomic E-state index is 13.8. The molecule has 2 nitrogen and oxygen atoms in total. The van der Waals surface area contributed by atoms with Gasteiger partial charge in [-0.1, -0.05) is 18.2 Å². The minimum Gasteiger partial charge on any atom is -0.322 e. The Hall–Kier alpha value is -1.68. The van der Waals surface area contributed by atoms with Crippen molar-refractivity contribution in [1.82, 2.24) is 0 Å². The minimum absolute atomic E-state index is 0.0234. The summed E-state index contributed by atoms with van der Waals surface area (Å²) < 4.78 is 14.1. The number of aryl methyl sites for hydroxylation is 1. The lowest BCUT2D eigenvalue weighted by Crippen LogP contribution is -2.15. The lowest BCUT2D eigenvalue weighted by atomic mass is 10.1. The Morgan fingerprint density at radius 3 is 2.58 bits per heavy atom. The fraction of sp³-hybridized carbons (Fsp3) is 0.133. The van der Waals surface area contributed by atoms with Crippen LogP contribution < -0.4 is 5.32 Å². The summed E-state index contributed by atoms with van der Waals surface area (Å²) in [5, 5.41) is 2.74. The third kappa shape index (κ3) is 2.84. The first-order chi connectivity index (χ1) is 9.00. The van der Waals surface area contributed by atoms with Crippen LogP contribution in [-0.2, 0) is 0 Å². The molecule has 19 heavy (non-hydrogen) atoms. The molecule has 2 aromatic carbocycles. The highest BCUT2D eigenvalue weighted by Crippen LogP contribution is 2.22. The van der Waals surface area contributed by atoms with Gasteiger partial charge < -0.3 is 5.32 Å². The Bertz CT molecular complexity index is 640. The van der Waals surface area contributed by atoms with Crippen LogP contribution in [0.1, 0.15) is 21.5 Å². The first-order valence-corrected chi connectivity index (χ1v) is 6.61. The number of anilines is 1. The molecule has 1 amide bonds. The zero-order valence-electron chi connectivity index (χ0n) is 10.6. The van der Waals surface area contributed by atoms with E-state index in [1.807, 2.05) is 26.0 Å². The molecule has 0 aliphatic carbocycles. The summed E-state index contributed by atoms with van der Waals surface area (Å²) >= 11 is 3.07. The van der Waals surface area contributed by atoms with Crippen molar-refractivity contribution in [2.24, 2.45) is 0 Å². The number of carbonyl (C=O) groups excluding carboxylic acids is 1. The largest absolute Gasteiger partial charge is 0.322 e. The standard InChI is InChI=1S/C15H13BrFNO/c1-9-5-3-8-13(10(9)2)18-15(19)11-6-4-7-12(16)14(11)17/h3-8H,1-2H3,(H,18,19). The second-order valence-corrected chi connectivity index (χ2v) is 5.16. The van der Waals surface area contributed by atoms with Crippen LogP contribution in [0.2, 0.25) is 0 Å². The molecule has 1 N–H and O–H groups in total. The molecule has 4 heteroatoms. The van der Waals surface area contributed by atoms with Gasteiger partial charge >= 0.3 is 0 Å². The number of nitrogens with one attached hydrogen (secondary N) is 1. The average molecular weight is 322 g/mol. The number of hydrogen-bond donors (Lipinski definition) is 1. The van der Waals surface area contributed by atoms with Gasteiger partial charge in [0.15, 0.2) is 0 Å². The summed E-state index contributed by atoms with van der Waals surface area (Å²) in [5.41, 5.74) is 2.78. The van der Waals surface area contributed by atoms with Crippen molar-refractivity contribution < 1.29 is 9.18 Å². The van der Waals surface area contributed by atoms with Crippen LogP contribution in [0.25, 0.3) is 0 Å². The molecule has 2 aromatic rings. The number of carbonyl (C=O) groups is 1. The van der Waals surface area contributed by atoms with E-state index in [4.69, 9.17) is 0 Å². The molecule has 0 aliphatic heterocycles. The Morgan fingerprint density at radius 2 is 1.84 bits per heavy atom. The van der Waals surface area contributed by atoms with Crippen LogP contribution in [0.4, 0.5) is 10.1 Å². The molecule has 0 saturated carbocycles. The van der Waals surface area contributed by atoms with Crippen LogP contribution in [0, 0.1) is 19.7 Å². The van der Waals surface area contributed by atoms with E-state index in [2.05, 4.69) is 21.2 Å². The third-order valence-electron chi connectivity index (χ3n) is 3.05. The van der Waals surface area contributed by atoms with Gasteiger partial charge in [0, 0.05) is 5.69 Å². The van der Waals surface area contributed by atoms with Crippen LogP contribution in [0.5, 0.6) is 0 Å². The average Bonchev–Trinajstić information content (AvgIpc) is 2.38. The highest BCUT2D eigenvalue weighted by molar-refractivity contribution is 9.10. The second kappa shape index (κ2) is 5.53. The third-order valence-corrected chi connectivity index (χ3v) is 3.66. The fourth-order valence-corrected chi connectivity index (χ4v) is 2.12. The zero-order chi connectivity index (χ0) is 14.0. The SMILES string of the molecule is Cc1cccc(NC(=O)c2cccc(Br)c2F)c1C. The van der Waals surface area contributed by atoms with Crippen molar-refractivity contribution in [3.05, 3.63) is 63.4 Å². The van der Waals surface area contributed by atoms with Gasteiger partial charge in [0.05, 0.1) is 10.0 Å². The number of amides is 1. The molecule has 0 fully saturated rings. The number of hydrogen-bond acceptors (Lipinski definition) is 1. The monoisotopic (exact) mass is 321 g/mol. The van der Waals surface area contributed by atoms with Gasteiger partial charge in [-0.2, -0.15) is 0 Å². The van der Waals surface area contributed by atoms with E-state index in [9.17, 15) is 9.18 Å². The molecule has 0 saturated heterocycles. The molecule has 2 rings (SSSR count). The van der Waals surface area contributed by atoms with Crippen molar-refractivity contribution in [1.29, 1.82) is 0 Å². The first-order valence-electron chi connectivity index (χ1n) is 5.82. The second-order valence-electron chi connectivity index (χ2n) is 4.30. The van der Waals surface area contributed by atoms with E-state index in [1.165, 1.54) is 6.07 Å². The normalized spacial score (nSPS) is 10.3. The maximum atomic E-state index is 13.8. The zero-order valence-corrected chi connectivity index (χ0v) is 12.2. The topological polar surface area (TPSA) is 29.1 Å². The highest BCUT2D eigenvalue weighted by atomic mass is 79.9. The summed E-state index contributed by atoms with van der Waals surface area (Å²) in [6.45, 7) is 3.88. The molecule has 0 heterocycles. The van der Waals surface area contributed by atoms with Crippen LogP contribution in [-0.4, -0.2) is 5.91 Å². The Morgan fingerprint density at radius 1 is 1.16 bits per heavy atom. The van der Waals surface area contributed by atoms with E-state index in [-0.39, 0.29) is 10.0 Å². The van der Waals surface area contributed by atoms with Crippen molar-refractivity contribution in [2.45, 2.75) is 13.8 Å². The first kappa shape index (κ1) is 13.7. The molecule has 0 unspecified atom stereocenters. The molecule has 0 radical (unpaired) electrons. The molecule has 0 aliphatic rings. The van der Waals surface area contributed by atoms with Crippen molar-refractivity contribution in [3.8, 4) is 0 Å². The molecule has 0 atom stereocenters. The Balaban J connectivity index is 2.31. The smallest absolute Gasteiger partial charge is 0.258 e. The van der Waals surface area contributed by atoms with Crippen molar-refractivity contribution in [2.75, 3.05) is 5.32 Å². The van der Waals surface area contributed by atoms with E-state index in [0.717, 1.165) is 11.1 Å². The summed E-state index contributed by atoms with van der Waals surface area (Å²) in [7, 11) is 0. The van der Waals surface area contributed by atoms with Crippen molar-refractivity contribution in [3.63, 3.8) is 0 Å². The lowest BCUT2D eigenvalue weighted by Gasteiger charge is -2.11.